The van der Waals surface area contributed by atoms with E-state index in [0.717, 1.165) is 0 Å². The lowest BCUT2D eigenvalue weighted by molar-refractivity contribution is 0.0953. The second-order valence-corrected chi connectivity index (χ2v) is 2.21. The van der Waals surface area contributed by atoms with E-state index in [1.807, 2.05) is 0 Å². The van der Waals surface area contributed by atoms with Crippen molar-refractivity contribution < 1.29 is 4.79 Å². The van der Waals surface area contributed by atoms with Crippen molar-refractivity contribution in [3.63, 3.8) is 0 Å². The number of H-pyrrole nitrogens is 1. The Morgan fingerprint density at radius 1 is 1.92 bits per heavy atom. The van der Waals surface area contributed by atoms with Crippen molar-refractivity contribution in [2.75, 3.05) is 12.3 Å². The molecule has 12 heavy (non-hydrogen) atoms. The third-order valence-electron chi connectivity index (χ3n) is 1.25. The molecule has 1 rings (SSSR count). The molecule has 5 nitrogen and oxygen atoms in total. The quantitative estimate of drug-likeness (QED) is 0.548. The van der Waals surface area contributed by atoms with Gasteiger partial charge in [0.25, 0.3) is 5.91 Å². The summed E-state index contributed by atoms with van der Waals surface area (Å²) in [5.74, 6) is 0.0675. The number of nitrogen functional groups attached to an aromatic ring is 1. The summed E-state index contributed by atoms with van der Waals surface area (Å²) in [6, 6.07) is 1.47. The highest BCUT2D eigenvalue weighted by Gasteiger charge is 2.05. The summed E-state index contributed by atoms with van der Waals surface area (Å²) in [5, 5.41) is 8.68. The van der Waals surface area contributed by atoms with Gasteiger partial charge in [-0.25, -0.2) is 0 Å². The molecule has 0 saturated heterocycles. The second-order valence-electron chi connectivity index (χ2n) is 2.21. The van der Waals surface area contributed by atoms with E-state index < -0.39 is 0 Å². The summed E-state index contributed by atoms with van der Waals surface area (Å²) in [5.41, 5.74) is 5.66. The van der Waals surface area contributed by atoms with Crippen LogP contribution < -0.4 is 11.1 Å². The molecule has 1 aromatic rings. The van der Waals surface area contributed by atoms with Crippen LogP contribution in [0, 0.1) is 0 Å². The third kappa shape index (κ3) is 1.85. The Hall–Kier alpha value is -1.78. The zero-order valence-electron chi connectivity index (χ0n) is 6.50. The second kappa shape index (κ2) is 3.56. The predicted octanol–water partition coefficient (Wildman–Crippen LogP) is -0.0923. The minimum Gasteiger partial charge on any atom is -0.382 e. The molecule has 5 heteroatoms. The molecule has 0 radical (unpaired) electrons. The lowest BCUT2D eigenvalue weighted by atomic mass is 10.4. The maximum absolute atomic E-state index is 11.1. The lowest BCUT2D eigenvalue weighted by Gasteiger charge is -1.96. The van der Waals surface area contributed by atoms with E-state index in [4.69, 9.17) is 5.73 Å². The molecule has 0 atom stereocenters. The topological polar surface area (TPSA) is 83.8 Å². The fraction of sp³-hybridized carbons (Fsp3) is 0.143. The van der Waals surface area contributed by atoms with E-state index in [-0.39, 0.29) is 5.91 Å². The molecule has 1 aromatic heterocycles. The summed E-state index contributed by atoms with van der Waals surface area (Å²) in [6.07, 6.45) is 1.59. The van der Waals surface area contributed by atoms with Crippen LogP contribution >= 0.6 is 0 Å². The monoisotopic (exact) mass is 166 g/mol. The number of rotatable bonds is 3. The normalized spacial score (nSPS) is 9.33. The highest BCUT2D eigenvalue weighted by molar-refractivity contribution is 5.92. The average molecular weight is 166 g/mol. The number of hydrogen-bond acceptors (Lipinski definition) is 3. The summed E-state index contributed by atoms with van der Waals surface area (Å²) in [6.45, 7) is 3.89. The molecule has 0 fully saturated rings. The van der Waals surface area contributed by atoms with Crippen molar-refractivity contribution in [3.05, 3.63) is 24.4 Å². The van der Waals surface area contributed by atoms with Gasteiger partial charge >= 0.3 is 0 Å². The van der Waals surface area contributed by atoms with Gasteiger partial charge in [0.2, 0.25) is 0 Å². The maximum Gasteiger partial charge on any atom is 0.269 e. The molecular formula is C7H10N4O. The Morgan fingerprint density at radius 2 is 2.67 bits per heavy atom. The van der Waals surface area contributed by atoms with E-state index in [1.54, 1.807) is 6.08 Å². The van der Waals surface area contributed by atoms with Crippen LogP contribution in [0.15, 0.2) is 18.7 Å². The van der Waals surface area contributed by atoms with Crippen LogP contribution in [0.5, 0.6) is 0 Å². The summed E-state index contributed by atoms with van der Waals surface area (Å²) >= 11 is 0. The van der Waals surface area contributed by atoms with Crippen LogP contribution in [0.2, 0.25) is 0 Å². The van der Waals surface area contributed by atoms with Crippen LogP contribution in [0.3, 0.4) is 0 Å². The van der Waals surface area contributed by atoms with Crippen LogP contribution in [-0.2, 0) is 0 Å². The van der Waals surface area contributed by atoms with Gasteiger partial charge in [-0.3, -0.25) is 9.89 Å². The zero-order valence-corrected chi connectivity index (χ0v) is 6.50. The molecule has 4 N–H and O–H groups in total. The Kier molecular flexibility index (Phi) is 2.47. The Balaban J connectivity index is 2.59. The Morgan fingerprint density at radius 3 is 3.17 bits per heavy atom. The summed E-state index contributed by atoms with van der Waals surface area (Å²) in [4.78, 5) is 11.1. The van der Waals surface area contributed by atoms with Gasteiger partial charge in [0.05, 0.1) is 0 Å². The van der Waals surface area contributed by atoms with Crippen molar-refractivity contribution in [1.29, 1.82) is 0 Å². The average Bonchev–Trinajstić information content (AvgIpc) is 2.47. The molecule has 0 aliphatic heterocycles. The van der Waals surface area contributed by atoms with Gasteiger partial charge in [-0.15, -0.1) is 6.58 Å². The number of anilines is 1. The first-order valence-corrected chi connectivity index (χ1v) is 3.44. The number of carbonyl (C=O) groups is 1. The molecule has 0 saturated carbocycles. The van der Waals surface area contributed by atoms with Crippen LogP contribution in [0.25, 0.3) is 0 Å². The van der Waals surface area contributed by atoms with Gasteiger partial charge in [-0.1, -0.05) is 6.08 Å². The van der Waals surface area contributed by atoms with E-state index in [1.165, 1.54) is 6.07 Å². The van der Waals surface area contributed by atoms with Crippen LogP contribution in [0.1, 0.15) is 10.5 Å². The number of nitrogens with zero attached hydrogens (tertiary/aromatic N) is 1. The fourth-order valence-corrected chi connectivity index (χ4v) is 0.714. The molecule has 64 valence electrons. The number of aromatic amines is 1. The fourth-order valence-electron chi connectivity index (χ4n) is 0.714. The SMILES string of the molecule is C=CCNC(=O)c1cc(N)n[nH]1. The van der Waals surface area contributed by atoms with Gasteiger partial charge in [0, 0.05) is 12.6 Å². The van der Waals surface area contributed by atoms with Crippen molar-refractivity contribution in [3.8, 4) is 0 Å². The lowest BCUT2D eigenvalue weighted by Crippen LogP contribution is -2.23. The van der Waals surface area contributed by atoms with Crippen molar-refractivity contribution in [1.82, 2.24) is 15.5 Å². The molecular weight excluding hydrogens is 156 g/mol. The summed E-state index contributed by atoms with van der Waals surface area (Å²) < 4.78 is 0. The summed E-state index contributed by atoms with van der Waals surface area (Å²) in [7, 11) is 0. The predicted molar refractivity (Wildman–Crippen MR) is 45.5 cm³/mol. The van der Waals surface area contributed by atoms with E-state index in [9.17, 15) is 4.79 Å². The van der Waals surface area contributed by atoms with Gasteiger partial charge < -0.3 is 11.1 Å². The van der Waals surface area contributed by atoms with Gasteiger partial charge in [-0.05, 0) is 0 Å². The molecule has 0 aliphatic carbocycles. The van der Waals surface area contributed by atoms with Gasteiger partial charge in [-0.2, -0.15) is 5.10 Å². The molecule has 0 unspecified atom stereocenters. The molecule has 0 aromatic carbocycles. The number of amides is 1. The minimum absolute atomic E-state index is 0.237. The van der Waals surface area contributed by atoms with E-state index in [2.05, 4.69) is 22.1 Å². The smallest absolute Gasteiger partial charge is 0.269 e. The molecule has 1 amide bonds. The third-order valence-corrected chi connectivity index (χ3v) is 1.25. The van der Waals surface area contributed by atoms with E-state index in [0.29, 0.717) is 18.1 Å². The number of aromatic nitrogens is 2. The van der Waals surface area contributed by atoms with Crippen molar-refractivity contribution in [2.45, 2.75) is 0 Å². The van der Waals surface area contributed by atoms with Crippen LogP contribution in [0.4, 0.5) is 5.82 Å². The first kappa shape index (κ1) is 8.32. The van der Waals surface area contributed by atoms with Crippen molar-refractivity contribution in [2.24, 2.45) is 0 Å². The standard InChI is InChI=1S/C7H10N4O/c1-2-3-9-7(12)5-4-6(8)11-10-5/h2,4H,1,3H2,(H,9,12)(H3,8,10,11). The Labute approximate surface area is 69.7 Å². The highest BCUT2D eigenvalue weighted by Crippen LogP contribution is 1.98. The van der Waals surface area contributed by atoms with Crippen LogP contribution in [-0.4, -0.2) is 22.6 Å². The minimum atomic E-state index is -0.237. The maximum atomic E-state index is 11.1. The molecule has 0 bridgehead atoms. The highest BCUT2D eigenvalue weighted by atomic mass is 16.1. The van der Waals surface area contributed by atoms with Gasteiger partial charge in [0.1, 0.15) is 11.5 Å². The molecule has 0 aliphatic rings. The molecule has 0 spiro atoms. The number of nitrogens with two attached hydrogens (primary N) is 1. The van der Waals surface area contributed by atoms with Gasteiger partial charge in [0.15, 0.2) is 0 Å². The number of nitrogens with one attached hydrogen (secondary N) is 2. The molecule has 1 heterocycles. The van der Waals surface area contributed by atoms with Crippen molar-refractivity contribution >= 4 is 11.7 Å². The first-order chi connectivity index (χ1) is 5.74. The number of carbonyl (C=O) groups excluding carboxylic acids is 1. The number of hydrogen-bond donors (Lipinski definition) is 3. The first-order valence-electron chi connectivity index (χ1n) is 3.44. The largest absolute Gasteiger partial charge is 0.382 e. The Bertz CT molecular complexity index is 291. The zero-order chi connectivity index (χ0) is 8.97. The van der Waals surface area contributed by atoms with E-state index >= 15 is 0 Å².